The maximum atomic E-state index is 11.8. The van der Waals surface area contributed by atoms with E-state index in [2.05, 4.69) is 10.6 Å². The van der Waals surface area contributed by atoms with Gasteiger partial charge in [-0.15, -0.1) is 0 Å². The summed E-state index contributed by atoms with van der Waals surface area (Å²) in [5, 5.41) is 7.46. The number of carbonyl (C=O) groups excluding carboxylic acids is 1. The van der Waals surface area contributed by atoms with E-state index in [1.165, 1.54) is 0 Å². The van der Waals surface area contributed by atoms with Gasteiger partial charge in [0.2, 0.25) is 5.91 Å². The van der Waals surface area contributed by atoms with Gasteiger partial charge in [-0.25, -0.2) is 0 Å². The number of anilines is 1. The van der Waals surface area contributed by atoms with Crippen molar-refractivity contribution >= 4 is 34.8 Å². The summed E-state index contributed by atoms with van der Waals surface area (Å²) in [6.07, 6.45) is 2.01. The van der Waals surface area contributed by atoms with Crippen LogP contribution in [0.5, 0.6) is 0 Å². The molecule has 120 valence electrons. The topological polar surface area (TPSA) is 41.1 Å². The summed E-state index contributed by atoms with van der Waals surface area (Å²) in [7, 11) is 0. The first kappa shape index (κ1) is 16.3. The van der Waals surface area contributed by atoms with Crippen LogP contribution in [0.25, 0.3) is 0 Å². The molecule has 3 nitrogen and oxygen atoms in total. The van der Waals surface area contributed by atoms with Crippen molar-refractivity contribution < 1.29 is 4.79 Å². The number of hydrogen-bond acceptors (Lipinski definition) is 2. The molecule has 5 heteroatoms. The van der Waals surface area contributed by atoms with E-state index in [1.54, 1.807) is 6.07 Å². The van der Waals surface area contributed by atoms with Gasteiger partial charge in [-0.05, 0) is 42.2 Å². The van der Waals surface area contributed by atoms with Crippen LogP contribution in [0.4, 0.5) is 5.69 Å². The minimum absolute atomic E-state index is 0.126. The fraction of sp³-hybridized carbons (Fsp3) is 0.278. The second kappa shape index (κ2) is 7.35. The molecule has 0 unspecified atom stereocenters. The van der Waals surface area contributed by atoms with Crippen molar-refractivity contribution in [1.29, 1.82) is 0 Å². The third-order valence-corrected chi connectivity index (χ3v) is 4.68. The largest absolute Gasteiger partial charge is 0.326 e. The Morgan fingerprint density at radius 1 is 1.09 bits per heavy atom. The number of halogens is 2. The highest BCUT2D eigenvalue weighted by Crippen LogP contribution is 2.30. The van der Waals surface area contributed by atoms with E-state index in [0.717, 1.165) is 29.7 Å². The van der Waals surface area contributed by atoms with Gasteiger partial charge in [-0.1, -0.05) is 47.5 Å². The molecule has 0 heterocycles. The van der Waals surface area contributed by atoms with E-state index in [1.807, 2.05) is 36.4 Å². The minimum Gasteiger partial charge on any atom is -0.326 e. The van der Waals surface area contributed by atoms with Crippen LogP contribution in [0.2, 0.25) is 10.0 Å². The average Bonchev–Trinajstić information content (AvgIpc) is 3.37. The standard InChI is InChI=1S/C18H18Cl2N2O/c19-16-6-2-4-14(17(16)20)11-21-10-12-3-1-5-15(9-12)22-18(23)13-7-8-13/h1-6,9,13,21H,7-8,10-11H2,(H,22,23). The molecule has 2 N–H and O–H groups in total. The quantitative estimate of drug-likeness (QED) is 0.798. The predicted octanol–water partition coefficient (Wildman–Crippen LogP) is 4.63. The third kappa shape index (κ3) is 4.47. The van der Waals surface area contributed by atoms with Crippen molar-refractivity contribution in [3.8, 4) is 0 Å². The van der Waals surface area contributed by atoms with Crippen LogP contribution in [0.1, 0.15) is 24.0 Å². The summed E-state index contributed by atoms with van der Waals surface area (Å²) in [5.74, 6) is 0.336. The monoisotopic (exact) mass is 348 g/mol. The lowest BCUT2D eigenvalue weighted by Crippen LogP contribution is -2.15. The Morgan fingerprint density at radius 2 is 1.87 bits per heavy atom. The Labute approximate surface area is 146 Å². The fourth-order valence-electron chi connectivity index (χ4n) is 2.38. The second-order valence-corrected chi connectivity index (χ2v) is 6.57. The van der Waals surface area contributed by atoms with Crippen molar-refractivity contribution in [3.63, 3.8) is 0 Å². The van der Waals surface area contributed by atoms with Gasteiger partial charge in [0, 0.05) is 24.7 Å². The maximum Gasteiger partial charge on any atom is 0.227 e. The number of nitrogens with one attached hydrogen (secondary N) is 2. The van der Waals surface area contributed by atoms with Crippen molar-refractivity contribution in [3.05, 3.63) is 63.6 Å². The lowest BCUT2D eigenvalue weighted by Gasteiger charge is -2.10. The average molecular weight is 349 g/mol. The SMILES string of the molecule is O=C(Nc1cccc(CNCc2cccc(Cl)c2Cl)c1)C1CC1. The highest BCUT2D eigenvalue weighted by molar-refractivity contribution is 6.42. The number of benzene rings is 2. The molecule has 1 fully saturated rings. The molecule has 0 aliphatic heterocycles. The van der Waals surface area contributed by atoms with Crippen LogP contribution >= 0.6 is 23.2 Å². The zero-order valence-corrected chi connectivity index (χ0v) is 14.1. The highest BCUT2D eigenvalue weighted by atomic mass is 35.5. The van der Waals surface area contributed by atoms with E-state index in [0.29, 0.717) is 23.1 Å². The molecule has 0 saturated heterocycles. The van der Waals surface area contributed by atoms with Crippen LogP contribution in [-0.2, 0) is 17.9 Å². The van der Waals surface area contributed by atoms with Gasteiger partial charge < -0.3 is 10.6 Å². The van der Waals surface area contributed by atoms with Crippen molar-refractivity contribution in [2.45, 2.75) is 25.9 Å². The van der Waals surface area contributed by atoms with Gasteiger partial charge in [-0.3, -0.25) is 4.79 Å². The summed E-state index contributed by atoms with van der Waals surface area (Å²) in [6.45, 7) is 1.33. The molecule has 0 spiro atoms. The predicted molar refractivity (Wildman–Crippen MR) is 94.8 cm³/mol. The third-order valence-electron chi connectivity index (χ3n) is 3.82. The molecule has 0 radical (unpaired) electrons. The summed E-state index contributed by atoms with van der Waals surface area (Å²) < 4.78 is 0. The van der Waals surface area contributed by atoms with Crippen molar-refractivity contribution in [2.75, 3.05) is 5.32 Å². The Morgan fingerprint density at radius 3 is 2.65 bits per heavy atom. The van der Waals surface area contributed by atoms with E-state index in [-0.39, 0.29) is 11.8 Å². The van der Waals surface area contributed by atoms with Crippen LogP contribution in [-0.4, -0.2) is 5.91 Å². The van der Waals surface area contributed by atoms with Gasteiger partial charge in [0.25, 0.3) is 0 Å². The molecular formula is C18H18Cl2N2O. The van der Waals surface area contributed by atoms with Gasteiger partial charge in [0.05, 0.1) is 10.0 Å². The van der Waals surface area contributed by atoms with E-state index in [4.69, 9.17) is 23.2 Å². The number of carbonyl (C=O) groups is 1. The summed E-state index contributed by atoms with van der Waals surface area (Å²) in [6, 6.07) is 13.5. The maximum absolute atomic E-state index is 11.8. The molecule has 2 aromatic carbocycles. The first-order valence-electron chi connectivity index (χ1n) is 7.67. The zero-order valence-electron chi connectivity index (χ0n) is 12.6. The Hall–Kier alpha value is -1.55. The molecule has 0 aromatic heterocycles. The lowest BCUT2D eigenvalue weighted by molar-refractivity contribution is -0.117. The summed E-state index contributed by atoms with van der Waals surface area (Å²) >= 11 is 12.2. The van der Waals surface area contributed by atoms with Gasteiger partial charge >= 0.3 is 0 Å². The van der Waals surface area contributed by atoms with Crippen LogP contribution in [0, 0.1) is 5.92 Å². The minimum atomic E-state index is 0.126. The van der Waals surface area contributed by atoms with Crippen molar-refractivity contribution in [1.82, 2.24) is 5.32 Å². The summed E-state index contributed by atoms with van der Waals surface area (Å²) in [4.78, 5) is 11.8. The van der Waals surface area contributed by atoms with Crippen LogP contribution < -0.4 is 10.6 Å². The number of rotatable bonds is 6. The lowest BCUT2D eigenvalue weighted by atomic mass is 10.1. The normalized spacial score (nSPS) is 13.8. The van der Waals surface area contributed by atoms with E-state index >= 15 is 0 Å². The number of amides is 1. The second-order valence-electron chi connectivity index (χ2n) is 5.78. The molecule has 1 aliphatic rings. The van der Waals surface area contributed by atoms with Gasteiger partial charge in [-0.2, -0.15) is 0 Å². The smallest absolute Gasteiger partial charge is 0.227 e. The molecule has 1 saturated carbocycles. The fourth-order valence-corrected chi connectivity index (χ4v) is 2.76. The Kier molecular flexibility index (Phi) is 5.21. The Balaban J connectivity index is 1.55. The van der Waals surface area contributed by atoms with Crippen molar-refractivity contribution in [2.24, 2.45) is 5.92 Å². The van der Waals surface area contributed by atoms with E-state index in [9.17, 15) is 4.79 Å². The number of hydrogen-bond donors (Lipinski definition) is 2. The van der Waals surface area contributed by atoms with Gasteiger partial charge in [0.15, 0.2) is 0 Å². The first-order valence-corrected chi connectivity index (χ1v) is 8.42. The molecule has 0 atom stereocenters. The van der Waals surface area contributed by atoms with Crippen LogP contribution in [0.3, 0.4) is 0 Å². The molecular weight excluding hydrogens is 331 g/mol. The Bertz CT molecular complexity index is 714. The van der Waals surface area contributed by atoms with Gasteiger partial charge in [0.1, 0.15) is 0 Å². The van der Waals surface area contributed by atoms with E-state index < -0.39 is 0 Å². The van der Waals surface area contributed by atoms with Crippen LogP contribution in [0.15, 0.2) is 42.5 Å². The molecule has 3 rings (SSSR count). The molecule has 0 bridgehead atoms. The summed E-state index contributed by atoms with van der Waals surface area (Å²) in [5.41, 5.74) is 2.93. The molecule has 1 aliphatic carbocycles. The zero-order chi connectivity index (χ0) is 16.2. The molecule has 2 aromatic rings. The first-order chi connectivity index (χ1) is 11.1. The highest BCUT2D eigenvalue weighted by Gasteiger charge is 2.29. The molecule has 1 amide bonds. The molecule has 23 heavy (non-hydrogen) atoms.